The van der Waals surface area contributed by atoms with Crippen molar-refractivity contribution in [2.75, 3.05) is 5.32 Å². The molecule has 4 rings (SSSR count). The van der Waals surface area contributed by atoms with E-state index in [4.69, 9.17) is 5.11 Å². The van der Waals surface area contributed by atoms with Crippen LogP contribution in [0.1, 0.15) is 24.3 Å². The quantitative estimate of drug-likeness (QED) is 0.551. The van der Waals surface area contributed by atoms with Gasteiger partial charge in [0, 0.05) is 28.9 Å². The van der Waals surface area contributed by atoms with Gasteiger partial charge in [-0.2, -0.15) is 5.10 Å². The van der Waals surface area contributed by atoms with Crippen LogP contribution in [0, 0.1) is 0 Å². The molecule has 0 atom stereocenters. The molecule has 3 aromatic heterocycles. The monoisotopic (exact) mass is 374 g/mol. The first kappa shape index (κ1) is 17.6. The molecule has 0 aliphatic heterocycles. The average Bonchev–Trinajstić information content (AvgIpc) is 3.11. The maximum absolute atomic E-state index is 11.0. The average molecular weight is 374 g/mol. The number of carboxylic acids is 1. The molecule has 0 spiro atoms. The van der Waals surface area contributed by atoms with Crippen LogP contribution in [0.15, 0.2) is 55.1 Å². The Balaban J connectivity index is 1.74. The van der Waals surface area contributed by atoms with E-state index in [1.165, 1.54) is 12.3 Å². The van der Waals surface area contributed by atoms with Crippen molar-refractivity contribution in [3.05, 3.63) is 60.8 Å². The van der Waals surface area contributed by atoms with Crippen LogP contribution in [-0.4, -0.2) is 41.9 Å². The Hall–Kier alpha value is -3.81. The Morgan fingerprint density at radius 2 is 1.96 bits per heavy atom. The van der Waals surface area contributed by atoms with Gasteiger partial charge in [0.2, 0.25) is 0 Å². The topological polar surface area (TPSA) is 106 Å². The van der Waals surface area contributed by atoms with E-state index < -0.39 is 5.97 Å². The SMILES string of the molecule is CC(C)Nc1ccc2cnn(-c3cncc(-c4ccc(C(=O)O)nc4)n3)c2c1. The van der Waals surface area contributed by atoms with Gasteiger partial charge >= 0.3 is 5.97 Å². The van der Waals surface area contributed by atoms with Crippen LogP contribution in [0.2, 0.25) is 0 Å². The standard InChI is InChI=1S/C20H18N6O2/c1-12(2)24-15-5-3-14-9-23-26(18(14)7-15)19-11-21-10-17(25-19)13-4-6-16(20(27)28)22-8-13/h3-12,24H,1-2H3,(H,27,28). The summed E-state index contributed by atoms with van der Waals surface area (Å²) in [6.07, 6.45) is 6.51. The molecule has 28 heavy (non-hydrogen) atoms. The molecule has 1 aromatic carbocycles. The lowest BCUT2D eigenvalue weighted by molar-refractivity contribution is 0.0690. The van der Waals surface area contributed by atoms with E-state index >= 15 is 0 Å². The van der Waals surface area contributed by atoms with Crippen LogP contribution in [0.25, 0.3) is 28.0 Å². The summed E-state index contributed by atoms with van der Waals surface area (Å²) in [6.45, 7) is 4.17. The van der Waals surface area contributed by atoms with Gasteiger partial charge in [-0.1, -0.05) is 0 Å². The van der Waals surface area contributed by atoms with Gasteiger partial charge in [0.25, 0.3) is 0 Å². The third-order valence-electron chi connectivity index (χ3n) is 4.14. The first-order valence-corrected chi connectivity index (χ1v) is 8.78. The summed E-state index contributed by atoms with van der Waals surface area (Å²) in [4.78, 5) is 23.8. The van der Waals surface area contributed by atoms with Crippen LogP contribution < -0.4 is 5.32 Å². The summed E-state index contributed by atoms with van der Waals surface area (Å²) >= 11 is 0. The minimum atomic E-state index is -1.07. The molecule has 0 fully saturated rings. The minimum absolute atomic E-state index is 0.0175. The van der Waals surface area contributed by atoms with E-state index in [0.29, 0.717) is 23.1 Å². The fourth-order valence-electron chi connectivity index (χ4n) is 2.89. The maximum atomic E-state index is 11.0. The highest BCUT2D eigenvalue weighted by Crippen LogP contribution is 2.23. The lowest BCUT2D eigenvalue weighted by atomic mass is 10.2. The molecule has 0 unspecified atom stereocenters. The second-order valence-corrected chi connectivity index (χ2v) is 6.63. The maximum Gasteiger partial charge on any atom is 0.354 e. The molecule has 8 heteroatoms. The molecule has 0 radical (unpaired) electrons. The second-order valence-electron chi connectivity index (χ2n) is 6.63. The molecular weight excluding hydrogens is 356 g/mol. The van der Waals surface area contributed by atoms with Crippen LogP contribution in [-0.2, 0) is 0 Å². The highest BCUT2D eigenvalue weighted by Gasteiger charge is 2.11. The zero-order chi connectivity index (χ0) is 19.7. The Kier molecular flexibility index (Phi) is 4.44. The number of carboxylic acid groups (broad SMARTS) is 1. The number of aromatic carboxylic acids is 1. The smallest absolute Gasteiger partial charge is 0.354 e. The number of hydrogen-bond donors (Lipinski definition) is 2. The first-order valence-electron chi connectivity index (χ1n) is 8.78. The van der Waals surface area contributed by atoms with Crippen molar-refractivity contribution < 1.29 is 9.90 Å². The van der Waals surface area contributed by atoms with Crippen molar-refractivity contribution in [2.45, 2.75) is 19.9 Å². The fraction of sp³-hybridized carbons (Fsp3) is 0.150. The van der Waals surface area contributed by atoms with Gasteiger partial charge in [-0.05, 0) is 44.2 Å². The van der Waals surface area contributed by atoms with E-state index in [1.54, 1.807) is 29.3 Å². The highest BCUT2D eigenvalue weighted by molar-refractivity contribution is 5.86. The Bertz CT molecular complexity index is 1150. The normalized spacial score (nSPS) is 11.1. The lowest BCUT2D eigenvalue weighted by Gasteiger charge is -2.10. The molecule has 2 N–H and O–H groups in total. The number of benzene rings is 1. The zero-order valence-electron chi connectivity index (χ0n) is 15.4. The van der Waals surface area contributed by atoms with Crippen molar-refractivity contribution in [3.8, 4) is 17.1 Å². The zero-order valence-corrected chi connectivity index (χ0v) is 15.4. The molecule has 3 heterocycles. The molecule has 4 aromatic rings. The van der Waals surface area contributed by atoms with E-state index in [0.717, 1.165) is 16.6 Å². The number of pyridine rings is 1. The molecule has 0 saturated heterocycles. The molecule has 8 nitrogen and oxygen atoms in total. The predicted molar refractivity (Wildman–Crippen MR) is 106 cm³/mol. The van der Waals surface area contributed by atoms with Crippen LogP contribution >= 0.6 is 0 Å². The number of nitrogens with one attached hydrogen (secondary N) is 1. The van der Waals surface area contributed by atoms with E-state index in [-0.39, 0.29) is 5.69 Å². The van der Waals surface area contributed by atoms with Gasteiger partial charge in [-0.15, -0.1) is 0 Å². The summed E-state index contributed by atoms with van der Waals surface area (Å²) in [7, 11) is 0. The molecule has 0 aliphatic carbocycles. The van der Waals surface area contributed by atoms with Gasteiger partial charge in [-0.25, -0.2) is 19.4 Å². The van der Waals surface area contributed by atoms with Crippen LogP contribution in [0.4, 0.5) is 5.69 Å². The summed E-state index contributed by atoms with van der Waals surface area (Å²) in [5.41, 5.74) is 3.16. The number of anilines is 1. The third kappa shape index (κ3) is 3.39. The lowest BCUT2D eigenvalue weighted by Crippen LogP contribution is -2.09. The molecule has 140 valence electrons. The second kappa shape index (κ2) is 7.07. The van der Waals surface area contributed by atoms with Gasteiger partial charge in [0.05, 0.1) is 29.8 Å². The third-order valence-corrected chi connectivity index (χ3v) is 4.14. The van der Waals surface area contributed by atoms with E-state index in [2.05, 4.69) is 39.2 Å². The number of fused-ring (bicyclic) bond motifs is 1. The van der Waals surface area contributed by atoms with Gasteiger partial charge in [0.15, 0.2) is 5.82 Å². The Morgan fingerprint density at radius 3 is 2.68 bits per heavy atom. The van der Waals surface area contributed by atoms with Crippen molar-refractivity contribution >= 4 is 22.6 Å². The highest BCUT2D eigenvalue weighted by atomic mass is 16.4. The van der Waals surface area contributed by atoms with Gasteiger partial charge < -0.3 is 10.4 Å². The van der Waals surface area contributed by atoms with Crippen LogP contribution in [0.5, 0.6) is 0 Å². The van der Waals surface area contributed by atoms with E-state index in [1.807, 2.05) is 18.2 Å². The van der Waals surface area contributed by atoms with Crippen molar-refractivity contribution in [3.63, 3.8) is 0 Å². The number of aromatic nitrogens is 5. The summed E-state index contributed by atoms with van der Waals surface area (Å²) in [6, 6.07) is 9.48. The molecule has 0 amide bonds. The fourth-order valence-corrected chi connectivity index (χ4v) is 2.89. The number of nitrogens with zero attached hydrogens (tertiary/aromatic N) is 5. The van der Waals surface area contributed by atoms with Gasteiger partial charge in [-0.3, -0.25) is 4.98 Å². The molecule has 0 bridgehead atoms. The Labute approximate surface area is 160 Å². The minimum Gasteiger partial charge on any atom is -0.477 e. The van der Waals surface area contributed by atoms with E-state index in [9.17, 15) is 4.79 Å². The number of carbonyl (C=O) groups is 1. The first-order chi connectivity index (χ1) is 13.5. The molecular formula is C20H18N6O2. The van der Waals surface area contributed by atoms with Crippen molar-refractivity contribution in [1.29, 1.82) is 0 Å². The largest absolute Gasteiger partial charge is 0.477 e. The molecule has 0 aliphatic rings. The predicted octanol–water partition coefficient (Wildman–Crippen LogP) is 3.40. The summed E-state index contributed by atoms with van der Waals surface area (Å²) in [5, 5.41) is 17.8. The van der Waals surface area contributed by atoms with Crippen molar-refractivity contribution in [2.24, 2.45) is 0 Å². The number of rotatable bonds is 5. The van der Waals surface area contributed by atoms with Gasteiger partial charge in [0.1, 0.15) is 5.69 Å². The summed E-state index contributed by atoms with van der Waals surface area (Å²) in [5.74, 6) is -0.503. The molecule has 0 saturated carbocycles. The van der Waals surface area contributed by atoms with Crippen LogP contribution in [0.3, 0.4) is 0 Å². The Morgan fingerprint density at radius 1 is 1.11 bits per heavy atom. The number of hydrogen-bond acceptors (Lipinski definition) is 6. The summed E-state index contributed by atoms with van der Waals surface area (Å²) < 4.78 is 1.73. The van der Waals surface area contributed by atoms with Crippen molar-refractivity contribution in [1.82, 2.24) is 24.7 Å².